The zero-order valence-corrected chi connectivity index (χ0v) is 10.7. The molecule has 98 valence electrons. The lowest BCUT2D eigenvalue weighted by atomic mass is 10.1. The number of aliphatic hydroxyl groups is 1. The summed E-state index contributed by atoms with van der Waals surface area (Å²) >= 11 is 0. The Morgan fingerprint density at radius 2 is 1.82 bits per heavy atom. The van der Waals surface area contributed by atoms with E-state index in [4.69, 9.17) is 10.5 Å². The van der Waals surface area contributed by atoms with Crippen LogP contribution in [-0.4, -0.2) is 60.1 Å². The molecule has 17 heavy (non-hydrogen) atoms. The molecule has 1 heterocycles. The first-order chi connectivity index (χ1) is 8.31. The fourth-order valence-corrected chi connectivity index (χ4v) is 3.03. The molecule has 2 N–H and O–H groups in total. The van der Waals surface area contributed by atoms with Crippen LogP contribution in [0.25, 0.3) is 0 Å². The molecule has 1 saturated carbocycles. The van der Waals surface area contributed by atoms with Crippen LogP contribution in [0.4, 0.5) is 0 Å². The van der Waals surface area contributed by atoms with Crippen LogP contribution in [0.2, 0.25) is 0 Å². The molecule has 2 fully saturated rings. The molecule has 0 amide bonds. The van der Waals surface area contributed by atoms with Crippen molar-refractivity contribution < 1.29 is 5.11 Å². The van der Waals surface area contributed by atoms with Crippen molar-refractivity contribution in [2.24, 2.45) is 5.92 Å². The van der Waals surface area contributed by atoms with Gasteiger partial charge in [0.15, 0.2) is 0 Å². The van der Waals surface area contributed by atoms with Crippen LogP contribution in [-0.2, 0) is 0 Å². The highest BCUT2D eigenvalue weighted by atomic mass is 16.3. The molecule has 1 aliphatic heterocycles. The lowest BCUT2D eigenvalue weighted by molar-refractivity contribution is 0.201. The molecule has 0 radical (unpaired) electrons. The fourth-order valence-electron chi connectivity index (χ4n) is 3.03. The summed E-state index contributed by atoms with van der Waals surface area (Å²) in [5.74, 6) is 1.41. The van der Waals surface area contributed by atoms with E-state index in [1.807, 2.05) is 0 Å². The van der Waals surface area contributed by atoms with Crippen molar-refractivity contribution >= 4 is 5.84 Å². The van der Waals surface area contributed by atoms with E-state index < -0.39 is 0 Å². The van der Waals surface area contributed by atoms with Gasteiger partial charge in [-0.3, -0.25) is 10.3 Å². The van der Waals surface area contributed by atoms with Gasteiger partial charge in [-0.2, -0.15) is 0 Å². The van der Waals surface area contributed by atoms with Crippen LogP contribution >= 0.6 is 0 Å². The number of rotatable bonds is 3. The first-order valence-corrected chi connectivity index (χ1v) is 6.98. The van der Waals surface area contributed by atoms with Crippen molar-refractivity contribution in [2.75, 3.05) is 39.3 Å². The quantitative estimate of drug-likeness (QED) is 0.574. The van der Waals surface area contributed by atoms with E-state index in [2.05, 4.69) is 9.80 Å². The van der Waals surface area contributed by atoms with Gasteiger partial charge in [0.25, 0.3) is 0 Å². The van der Waals surface area contributed by atoms with Crippen molar-refractivity contribution in [3.8, 4) is 0 Å². The summed E-state index contributed by atoms with van der Waals surface area (Å²) in [4.78, 5) is 4.58. The third-order valence-electron chi connectivity index (χ3n) is 4.09. The molecule has 0 aromatic rings. The smallest absolute Gasteiger partial charge is 0.0989 e. The summed E-state index contributed by atoms with van der Waals surface area (Å²) in [6.45, 7) is 5.09. The van der Waals surface area contributed by atoms with Gasteiger partial charge in [-0.05, 0) is 25.8 Å². The summed E-state index contributed by atoms with van der Waals surface area (Å²) < 4.78 is 0. The minimum atomic E-state index is 0.250. The molecular formula is C13H25N3O. The highest BCUT2D eigenvalue weighted by Crippen LogP contribution is 2.27. The molecule has 1 aliphatic carbocycles. The van der Waals surface area contributed by atoms with E-state index in [-0.39, 0.29) is 6.61 Å². The van der Waals surface area contributed by atoms with Crippen LogP contribution in [0.1, 0.15) is 32.1 Å². The second-order valence-electron chi connectivity index (χ2n) is 5.27. The maximum absolute atomic E-state index is 8.96. The Hall–Kier alpha value is -0.610. The molecule has 0 aromatic carbocycles. The summed E-state index contributed by atoms with van der Waals surface area (Å²) in [5.41, 5.74) is 0. The summed E-state index contributed by atoms with van der Waals surface area (Å²) in [7, 11) is 0. The van der Waals surface area contributed by atoms with Crippen LogP contribution in [0.3, 0.4) is 0 Å². The number of aliphatic hydroxyl groups excluding tert-OH is 1. The van der Waals surface area contributed by atoms with Gasteiger partial charge in [-0.25, -0.2) is 0 Å². The van der Waals surface area contributed by atoms with Crippen LogP contribution in [0.15, 0.2) is 0 Å². The zero-order valence-electron chi connectivity index (χ0n) is 10.7. The number of nitrogens with zero attached hydrogens (tertiary/aromatic N) is 2. The first kappa shape index (κ1) is 12.8. The van der Waals surface area contributed by atoms with E-state index in [9.17, 15) is 0 Å². The maximum atomic E-state index is 8.96. The lowest BCUT2D eigenvalue weighted by Gasteiger charge is -2.27. The van der Waals surface area contributed by atoms with Gasteiger partial charge < -0.3 is 10.0 Å². The van der Waals surface area contributed by atoms with E-state index >= 15 is 0 Å². The van der Waals surface area contributed by atoms with Gasteiger partial charge in [0.05, 0.1) is 12.4 Å². The van der Waals surface area contributed by atoms with Crippen LogP contribution < -0.4 is 0 Å². The Balaban J connectivity index is 1.83. The minimum Gasteiger partial charge on any atom is -0.395 e. The second-order valence-corrected chi connectivity index (χ2v) is 5.27. The van der Waals surface area contributed by atoms with Crippen LogP contribution in [0, 0.1) is 11.3 Å². The molecule has 1 saturated heterocycles. The molecule has 4 heteroatoms. The fraction of sp³-hybridized carbons (Fsp3) is 0.923. The molecule has 4 nitrogen and oxygen atoms in total. The predicted octanol–water partition coefficient (Wildman–Crippen LogP) is 1.15. The third kappa shape index (κ3) is 3.42. The molecule has 0 atom stereocenters. The number of hydrogen-bond acceptors (Lipinski definition) is 3. The van der Waals surface area contributed by atoms with E-state index in [0.29, 0.717) is 5.92 Å². The standard InChI is InChI=1S/C13H25N3O/c14-13(12-4-1-2-5-12)16-7-3-6-15(8-9-16)10-11-17/h12,14,17H,1-11H2. The Bertz CT molecular complexity index is 251. The number of amidine groups is 1. The Labute approximate surface area is 104 Å². The molecule has 0 bridgehead atoms. The summed E-state index contributed by atoms with van der Waals surface area (Å²) in [6, 6.07) is 0. The predicted molar refractivity (Wildman–Crippen MR) is 69.4 cm³/mol. The van der Waals surface area contributed by atoms with Crippen molar-refractivity contribution in [3.63, 3.8) is 0 Å². The second kappa shape index (κ2) is 6.36. The molecule has 0 unspecified atom stereocenters. The molecule has 2 rings (SSSR count). The Kier molecular flexibility index (Phi) is 4.80. The van der Waals surface area contributed by atoms with Gasteiger partial charge in [-0.1, -0.05) is 12.8 Å². The normalized spacial score (nSPS) is 23.9. The Morgan fingerprint density at radius 1 is 1.06 bits per heavy atom. The minimum absolute atomic E-state index is 0.250. The third-order valence-corrected chi connectivity index (χ3v) is 4.09. The first-order valence-electron chi connectivity index (χ1n) is 6.98. The molecular weight excluding hydrogens is 214 g/mol. The highest BCUT2D eigenvalue weighted by molar-refractivity contribution is 5.81. The SMILES string of the molecule is N=C(C1CCCC1)N1CCCN(CCO)CC1. The van der Waals surface area contributed by atoms with Gasteiger partial charge in [-0.15, -0.1) is 0 Å². The van der Waals surface area contributed by atoms with E-state index in [0.717, 1.165) is 45.0 Å². The number of nitrogens with one attached hydrogen (secondary N) is 1. The number of β-amino-alcohol motifs (C(OH)–C–C–N with tert-alkyl or cyclic N) is 1. The van der Waals surface area contributed by atoms with Crippen molar-refractivity contribution in [1.29, 1.82) is 5.41 Å². The lowest BCUT2D eigenvalue weighted by Crippen LogP contribution is -2.38. The largest absolute Gasteiger partial charge is 0.395 e. The van der Waals surface area contributed by atoms with Gasteiger partial charge in [0, 0.05) is 32.1 Å². The number of hydrogen-bond donors (Lipinski definition) is 2. The van der Waals surface area contributed by atoms with Crippen molar-refractivity contribution in [3.05, 3.63) is 0 Å². The summed E-state index contributed by atoms with van der Waals surface area (Å²) in [5, 5.41) is 17.3. The van der Waals surface area contributed by atoms with Crippen molar-refractivity contribution in [2.45, 2.75) is 32.1 Å². The molecule has 0 aromatic heterocycles. The highest BCUT2D eigenvalue weighted by Gasteiger charge is 2.25. The molecule has 2 aliphatic rings. The van der Waals surface area contributed by atoms with E-state index in [1.165, 1.54) is 25.7 Å². The van der Waals surface area contributed by atoms with Gasteiger partial charge in [0.1, 0.15) is 0 Å². The monoisotopic (exact) mass is 239 g/mol. The maximum Gasteiger partial charge on any atom is 0.0989 e. The molecule has 0 spiro atoms. The zero-order chi connectivity index (χ0) is 12.1. The topological polar surface area (TPSA) is 50.6 Å². The van der Waals surface area contributed by atoms with Crippen molar-refractivity contribution in [1.82, 2.24) is 9.80 Å². The van der Waals surface area contributed by atoms with Gasteiger partial charge in [0.2, 0.25) is 0 Å². The van der Waals surface area contributed by atoms with Gasteiger partial charge >= 0.3 is 0 Å². The summed E-state index contributed by atoms with van der Waals surface area (Å²) in [6.07, 6.45) is 6.16. The Morgan fingerprint density at radius 3 is 2.53 bits per heavy atom. The average Bonchev–Trinajstić information content (AvgIpc) is 2.76. The van der Waals surface area contributed by atoms with E-state index in [1.54, 1.807) is 0 Å². The van der Waals surface area contributed by atoms with Crippen LogP contribution in [0.5, 0.6) is 0 Å². The average molecular weight is 239 g/mol.